The molecule has 0 spiro atoms. The molecule has 0 N–H and O–H groups in total. The van der Waals surface area contributed by atoms with Crippen molar-refractivity contribution < 1.29 is 8.78 Å². The molecule has 0 aliphatic rings. The zero-order valence-corrected chi connectivity index (χ0v) is 11.0. The number of nitrogens with zero attached hydrogens (tertiary/aromatic N) is 3. The van der Waals surface area contributed by atoms with Gasteiger partial charge in [-0.05, 0) is 37.1 Å². The van der Waals surface area contributed by atoms with Gasteiger partial charge in [0.15, 0.2) is 0 Å². The molecular weight excluding hydrogens is 272 g/mol. The number of rotatable bonds is 0. The van der Waals surface area contributed by atoms with E-state index in [9.17, 15) is 8.78 Å². The zero-order chi connectivity index (χ0) is 14.4. The largest absolute Gasteiger partial charge is 0.242 e. The van der Waals surface area contributed by atoms with Gasteiger partial charge < -0.3 is 0 Å². The Labute approximate surface area is 114 Å². The minimum Gasteiger partial charge on any atom is -0.242 e. The topological polar surface area (TPSA) is 49.6 Å². The number of hydrogen-bond donors (Lipinski definition) is 0. The number of halogens is 3. The second-order valence-corrected chi connectivity index (χ2v) is 4.07. The van der Waals surface area contributed by atoms with Crippen LogP contribution in [0.25, 0.3) is 0 Å². The average molecular weight is 282 g/mol. The summed E-state index contributed by atoms with van der Waals surface area (Å²) >= 11 is 5.44. The monoisotopic (exact) mass is 281 g/mol. The van der Waals surface area contributed by atoms with E-state index < -0.39 is 0 Å². The summed E-state index contributed by atoms with van der Waals surface area (Å²) in [5.74, 6) is -0.696. The van der Waals surface area contributed by atoms with E-state index in [2.05, 4.69) is 9.97 Å². The lowest BCUT2D eigenvalue weighted by molar-refractivity contribution is 0.611. The SMILES string of the molecule is Cc1cc(C#N)ncc1F.Cc1cc(Cl)ncc1F. The highest BCUT2D eigenvalue weighted by Crippen LogP contribution is 2.09. The van der Waals surface area contributed by atoms with Crippen molar-refractivity contribution in [2.75, 3.05) is 0 Å². The molecular formula is C13H10ClF2N3. The molecule has 0 bridgehead atoms. The fraction of sp³-hybridized carbons (Fsp3) is 0.154. The van der Waals surface area contributed by atoms with Crippen LogP contribution in [-0.2, 0) is 0 Å². The number of nitriles is 1. The molecule has 2 rings (SSSR count). The van der Waals surface area contributed by atoms with Crippen molar-refractivity contribution in [2.45, 2.75) is 13.8 Å². The van der Waals surface area contributed by atoms with Gasteiger partial charge in [-0.1, -0.05) is 11.6 Å². The number of aromatic nitrogens is 2. The molecule has 0 radical (unpaired) electrons. The molecule has 0 aliphatic carbocycles. The molecule has 98 valence electrons. The van der Waals surface area contributed by atoms with Gasteiger partial charge in [0.25, 0.3) is 0 Å². The van der Waals surface area contributed by atoms with Gasteiger partial charge in [0.1, 0.15) is 28.6 Å². The van der Waals surface area contributed by atoms with Crippen LogP contribution in [0.2, 0.25) is 5.15 Å². The van der Waals surface area contributed by atoms with E-state index in [1.54, 1.807) is 13.8 Å². The summed E-state index contributed by atoms with van der Waals surface area (Å²) in [5.41, 5.74) is 1.22. The summed E-state index contributed by atoms with van der Waals surface area (Å²) in [4.78, 5) is 7.05. The van der Waals surface area contributed by atoms with Crippen molar-refractivity contribution in [1.82, 2.24) is 9.97 Å². The molecule has 2 heterocycles. The highest BCUT2D eigenvalue weighted by atomic mass is 35.5. The lowest BCUT2D eigenvalue weighted by Crippen LogP contribution is -1.87. The Kier molecular flexibility index (Phi) is 5.34. The molecule has 0 fully saturated rings. The summed E-state index contributed by atoms with van der Waals surface area (Å²) < 4.78 is 24.8. The fourth-order valence-corrected chi connectivity index (χ4v) is 1.32. The van der Waals surface area contributed by atoms with Gasteiger partial charge in [-0.25, -0.2) is 18.7 Å². The Morgan fingerprint density at radius 3 is 2.00 bits per heavy atom. The molecule has 2 aromatic rings. The predicted molar refractivity (Wildman–Crippen MR) is 67.6 cm³/mol. The third kappa shape index (κ3) is 4.60. The maximum absolute atomic E-state index is 12.5. The molecule has 0 aliphatic heterocycles. The van der Waals surface area contributed by atoms with Gasteiger partial charge in [0.2, 0.25) is 0 Å². The molecule has 0 amide bonds. The minimum absolute atomic E-state index is 0.249. The Morgan fingerprint density at radius 2 is 1.58 bits per heavy atom. The van der Waals surface area contributed by atoms with Crippen LogP contribution in [0.4, 0.5) is 8.78 Å². The lowest BCUT2D eigenvalue weighted by atomic mass is 10.2. The fourth-order valence-electron chi connectivity index (χ4n) is 1.11. The summed E-state index contributed by atoms with van der Waals surface area (Å²) in [6.45, 7) is 3.24. The molecule has 0 aromatic carbocycles. The van der Waals surface area contributed by atoms with Crippen LogP contribution < -0.4 is 0 Å². The molecule has 0 unspecified atom stereocenters. The molecule has 0 saturated heterocycles. The lowest BCUT2D eigenvalue weighted by Gasteiger charge is -1.92. The highest BCUT2D eigenvalue weighted by Gasteiger charge is 1.97. The molecule has 19 heavy (non-hydrogen) atoms. The van der Waals surface area contributed by atoms with Crippen molar-refractivity contribution in [3.63, 3.8) is 0 Å². The maximum atomic E-state index is 12.5. The first-order valence-corrected chi connectivity index (χ1v) is 5.61. The summed E-state index contributed by atoms with van der Waals surface area (Å²) in [6.07, 6.45) is 2.16. The van der Waals surface area contributed by atoms with Gasteiger partial charge in [0, 0.05) is 0 Å². The predicted octanol–water partition coefficient (Wildman–Crippen LogP) is 3.58. The third-order valence-electron chi connectivity index (χ3n) is 2.18. The van der Waals surface area contributed by atoms with Crippen LogP contribution in [0.1, 0.15) is 16.8 Å². The van der Waals surface area contributed by atoms with Crippen LogP contribution in [0.15, 0.2) is 24.5 Å². The van der Waals surface area contributed by atoms with E-state index in [-0.39, 0.29) is 17.3 Å². The summed E-state index contributed by atoms with van der Waals surface area (Å²) in [7, 11) is 0. The smallest absolute Gasteiger partial charge is 0.144 e. The zero-order valence-electron chi connectivity index (χ0n) is 10.3. The molecule has 0 saturated carbocycles. The van der Waals surface area contributed by atoms with Gasteiger partial charge in [-0.3, -0.25) is 0 Å². The van der Waals surface area contributed by atoms with Crippen LogP contribution in [0, 0.1) is 36.8 Å². The van der Waals surface area contributed by atoms with Gasteiger partial charge in [-0.2, -0.15) is 5.26 Å². The first kappa shape index (κ1) is 15.0. The average Bonchev–Trinajstić information content (AvgIpc) is 2.38. The molecule has 0 atom stereocenters. The molecule has 2 aromatic heterocycles. The van der Waals surface area contributed by atoms with E-state index in [0.29, 0.717) is 16.3 Å². The second-order valence-electron chi connectivity index (χ2n) is 3.69. The first-order chi connectivity index (χ1) is 8.93. The molecule has 6 heteroatoms. The number of hydrogen-bond acceptors (Lipinski definition) is 3. The van der Waals surface area contributed by atoms with E-state index in [1.165, 1.54) is 12.1 Å². The third-order valence-corrected chi connectivity index (χ3v) is 2.38. The Bertz CT molecular complexity index is 624. The van der Waals surface area contributed by atoms with Crippen molar-refractivity contribution in [2.24, 2.45) is 0 Å². The van der Waals surface area contributed by atoms with Crippen molar-refractivity contribution in [1.29, 1.82) is 5.26 Å². The van der Waals surface area contributed by atoms with E-state index in [1.807, 2.05) is 6.07 Å². The number of pyridine rings is 2. The van der Waals surface area contributed by atoms with Gasteiger partial charge in [-0.15, -0.1) is 0 Å². The van der Waals surface area contributed by atoms with E-state index in [0.717, 1.165) is 12.4 Å². The molecule has 3 nitrogen and oxygen atoms in total. The Balaban J connectivity index is 0.000000191. The van der Waals surface area contributed by atoms with Crippen LogP contribution >= 0.6 is 11.6 Å². The highest BCUT2D eigenvalue weighted by molar-refractivity contribution is 6.29. The van der Waals surface area contributed by atoms with Crippen LogP contribution in [-0.4, -0.2) is 9.97 Å². The van der Waals surface area contributed by atoms with Gasteiger partial charge in [0.05, 0.1) is 12.4 Å². The summed E-state index contributed by atoms with van der Waals surface area (Å²) in [5, 5.41) is 8.65. The van der Waals surface area contributed by atoms with Crippen molar-refractivity contribution in [3.8, 4) is 6.07 Å². The summed E-state index contributed by atoms with van der Waals surface area (Å²) in [6, 6.07) is 4.71. The number of aryl methyl sites for hydroxylation is 2. The first-order valence-electron chi connectivity index (χ1n) is 5.24. The maximum Gasteiger partial charge on any atom is 0.144 e. The quantitative estimate of drug-likeness (QED) is 0.694. The standard InChI is InChI=1S/C7H5FN2.C6H5ClFN/c1-5-2-6(3-9)10-4-7(5)8;1-4-2-6(7)9-3-5(4)8/h2,4H,1H3;2-3H,1H3. The van der Waals surface area contributed by atoms with Gasteiger partial charge >= 0.3 is 0 Å². The van der Waals surface area contributed by atoms with Crippen LogP contribution in [0.3, 0.4) is 0 Å². The van der Waals surface area contributed by atoms with Crippen molar-refractivity contribution >= 4 is 11.6 Å². The Morgan fingerprint density at radius 1 is 1.05 bits per heavy atom. The normalized spacial score (nSPS) is 9.26. The van der Waals surface area contributed by atoms with Crippen molar-refractivity contribution in [3.05, 3.63) is 58.1 Å². The second kappa shape index (κ2) is 6.76. The minimum atomic E-state index is -0.376. The Hall–Kier alpha value is -2.06. The van der Waals surface area contributed by atoms with E-state index in [4.69, 9.17) is 16.9 Å². The van der Waals surface area contributed by atoms with Crippen LogP contribution in [0.5, 0.6) is 0 Å². The van der Waals surface area contributed by atoms with E-state index >= 15 is 0 Å².